The number of anilines is 1. The maximum atomic E-state index is 13.7. The van der Waals surface area contributed by atoms with Gasteiger partial charge in [-0.05, 0) is 25.1 Å². The third-order valence-electron chi connectivity index (χ3n) is 3.85. The molecule has 3 amide bonds. The summed E-state index contributed by atoms with van der Waals surface area (Å²) < 4.78 is 14.3. The minimum atomic E-state index is -0.465. The molecule has 1 saturated heterocycles. The standard InChI is InChI=1S/C16H22BrFN4O2/c1-2-19-16(24)22-9-7-21(8-10-22)6-5-15(23)20-14-4-3-12(17)11-13(14)18/h3-4,11H,2,5-10H2,1H3,(H,19,24)(H,20,23). The lowest BCUT2D eigenvalue weighted by molar-refractivity contribution is -0.116. The number of nitrogens with zero attached hydrogens (tertiary/aromatic N) is 2. The van der Waals surface area contributed by atoms with E-state index in [0.29, 0.717) is 30.7 Å². The number of hydrogen-bond acceptors (Lipinski definition) is 3. The first-order valence-corrected chi connectivity index (χ1v) is 8.79. The van der Waals surface area contributed by atoms with E-state index in [2.05, 4.69) is 31.5 Å². The monoisotopic (exact) mass is 400 g/mol. The van der Waals surface area contributed by atoms with Crippen molar-refractivity contribution in [1.29, 1.82) is 0 Å². The van der Waals surface area contributed by atoms with E-state index in [1.54, 1.807) is 11.0 Å². The summed E-state index contributed by atoms with van der Waals surface area (Å²) in [6.45, 7) is 5.86. The second-order valence-electron chi connectivity index (χ2n) is 5.59. The molecule has 1 aromatic rings. The molecule has 0 spiro atoms. The van der Waals surface area contributed by atoms with Crippen molar-refractivity contribution in [1.82, 2.24) is 15.1 Å². The summed E-state index contributed by atoms with van der Waals surface area (Å²) in [5, 5.41) is 5.37. The molecule has 2 N–H and O–H groups in total. The molecule has 1 aromatic carbocycles. The molecule has 0 radical (unpaired) electrons. The predicted molar refractivity (Wildman–Crippen MR) is 94.4 cm³/mol. The highest BCUT2D eigenvalue weighted by Crippen LogP contribution is 2.19. The predicted octanol–water partition coefficient (Wildman–Crippen LogP) is 2.26. The average molecular weight is 401 g/mol. The average Bonchev–Trinajstić information content (AvgIpc) is 2.56. The van der Waals surface area contributed by atoms with Crippen molar-refractivity contribution in [3.63, 3.8) is 0 Å². The van der Waals surface area contributed by atoms with Gasteiger partial charge in [-0.2, -0.15) is 0 Å². The number of halogens is 2. The first-order valence-electron chi connectivity index (χ1n) is 7.99. The molecule has 24 heavy (non-hydrogen) atoms. The van der Waals surface area contributed by atoms with Gasteiger partial charge < -0.3 is 15.5 Å². The van der Waals surface area contributed by atoms with Crippen LogP contribution < -0.4 is 10.6 Å². The van der Waals surface area contributed by atoms with Crippen LogP contribution in [0.25, 0.3) is 0 Å². The fourth-order valence-electron chi connectivity index (χ4n) is 2.50. The molecule has 132 valence electrons. The summed E-state index contributed by atoms with van der Waals surface area (Å²) in [4.78, 5) is 27.6. The Morgan fingerprint density at radius 3 is 2.58 bits per heavy atom. The lowest BCUT2D eigenvalue weighted by Crippen LogP contribution is -2.52. The van der Waals surface area contributed by atoms with Gasteiger partial charge in [-0.25, -0.2) is 9.18 Å². The molecular weight excluding hydrogens is 379 g/mol. The molecule has 0 saturated carbocycles. The number of carbonyl (C=O) groups excluding carboxylic acids is 2. The molecule has 0 bridgehead atoms. The van der Waals surface area contributed by atoms with Crippen LogP contribution in [0, 0.1) is 5.82 Å². The molecule has 1 fully saturated rings. The van der Waals surface area contributed by atoms with Crippen LogP contribution >= 0.6 is 15.9 Å². The Morgan fingerprint density at radius 1 is 1.25 bits per heavy atom. The third-order valence-corrected chi connectivity index (χ3v) is 4.34. The first-order chi connectivity index (χ1) is 11.5. The molecule has 0 unspecified atom stereocenters. The van der Waals surface area contributed by atoms with E-state index in [1.807, 2.05) is 6.92 Å². The molecule has 0 aromatic heterocycles. The molecule has 0 atom stereocenters. The number of urea groups is 1. The first kappa shape index (κ1) is 18.7. The van der Waals surface area contributed by atoms with Gasteiger partial charge in [-0.15, -0.1) is 0 Å². The summed E-state index contributed by atoms with van der Waals surface area (Å²) >= 11 is 3.18. The minimum Gasteiger partial charge on any atom is -0.338 e. The van der Waals surface area contributed by atoms with E-state index >= 15 is 0 Å². The zero-order valence-corrected chi connectivity index (χ0v) is 15.2. The molecule has 8 heteroatoms. The maximum absolute atomic E-state index is 13.7. The highest BCUT2D eigenvalue weighted by Gasteiger charge is 2.20. The van der Waals surface area contributed by atoms with E-state index in [9.17, 15) is 14.0 Å². The van der Waals surface area contributed by atoms with Gasteiger partial charge in [0.15, 0.2) is 0 Å². The van der Waals surface area contributed by atoms with Crippen LogP contribution in [0.5, 0.6) is 0 Å². The van der Waals surface area contributed by atoms with Gasteiger partial charge in [0.1, 0.15) is 5.82 Å². The van der Waals surface area contributed by atoms with Crippen molar-refractivity contribution >= 4 is 33.6 Å². The van der Waals surface area contributed by atoms with Crippen molar-refractivity contribution in [2.75, 3.05) is 44.6 Å². The quantitative estimate of drug-likeness (QED) is 0.796. The van der Waals surface area contributed by atoms with Crippen LogP contribution in [0.3, 0.4) is 0 Å². The van der Waals surface area contributed by atoms with Crippen LogP contribution in [-0.4, -0.2) is 61.0 Å². The summed E-state index contributed by atoms with van der Waals surface area (Å²) in [6.07, 6.45) is 0.288. The van der Waals surface area contributed by atoms with E-state index < -0.39 is 5.82 Å². The van der Waals surface area contributed by atoms with Gasteiger partial charge in [-0.3, -0.25) is 9.69 Å². The minimum absolute atomic E-state index is 0.0411. The SMILES string of the molecule is CCNC(=O)N1CCN(CCC(=O)Nc2ccc(Br)cc2F)CC1. The maximum Gasteiger partial charge on any atom is 0.317 e. The lowest BCUT2D eigenvalue weighted by atomic mass is 10.2. The number of benzene rings is 1. The lowest BCUT2D eigenvalue weighted by Gasteiger charge is -2.34. The zero-order valence-electron chi connectivity index (χ0n) is 13.6. The van der Waals surface area contributed by atoms with Crippen LogP contribution in [0.4, 0.5) is 14.9 Å². The van der Waals surface area contributed by atoms with Crippen molar-refractivity contribution in [3.05, 3.63) is 28.5 Å². The molecular formula is C16H22BrFN4O2. The fraction of sp³-hybridized carbons (Fsp3) is 0.500. The van der Waals surface area contributed by atoms with Gasteiger partial charge in [-0.1, -0.05) is 15.9 Å². The van der Waals surface area contributed by atoms with Gasteiger partial charge in [0.2, 0.25) is 5.91 Å². The largest absolute Gasteiger partial charge is 0.338 e. The highest BCUT2D eigenvalue weighted by atomic mass is 79.9. The Balaban J connectivity index is 1.72. The third kappa shape index (κ3) is 5.45. The summed E-state index contributed by atoms with van der Waals surface area (Å²) in [6, 6.07) is 4.48. The van der Waals surface area contributed by atoms with Crippen LogP contribution in [-0.2, 0) is 4.79 Å². The number of amides is 3. The number of nitrogens with one attached hydrogen (secondary N) is 2. The van der Waals surface area contributed by atoms with Gasteiger partial charge in [0.25, 0.3) is 0 Å². The summed E-state index contributed by atoms with van der Waals surface area (Å²) in [7, 11) is 0. The van der Waals surface area contributed by atoms with Crippen molar-refractivity contribution in [3.8, 4) is 0 Å². The van der Waals surface area contributed by atoms with Crippen molar-refractivity contribution < 1.29 is 14.0 Å². The molecule has 0 aliphatic carbocycles. The van der Waals surface area contributed by atoms with Crippen LogP contribution in [0.1, 0.15) is 13.3 Å². The number of hydrogen-bond donors (Lipinski definition) is 2. The van der Waals surface area contributed by atoms with Crippen LogP contribution in [0.15, 0.2) is 22.7 Å². The van der Waals surface area contributed by atoms with E-state index in [0.717, 1.165) is 13.1 Å². The normalized spacial score (nSPS) is 15.2. The number of rotatable bonds is 5. The Bertz CT molecular complexity index is 591. The smallest absolute Gasteiger partial charge is 0.317 e. The number of piperazine rings is 1. The highest BCUT2D eigenvalue weighted by molar-refractivity contribution is 9.10. The summed E-state index contributed by atoms with van der Waals surface area (Å²) in [5.41, 5.74) is 0.184. The van der Waals surface area contributed by atoms with E-state index in [4.69, 9.17) is 0 Å². The second-order valence-corrected chi connectivity index (χ2v) is 6.50. The van der Waals surface area contributed by atoms with Crippen LogP contribution in [0.2, 0.25) is 0 Å². The molecule has 1 aliphatic heterocycles. The topological polar surface area (TPSA) is 64.7 Å². The zero-order chi connectivity index (χ0) is 17.5. The Labute approximate surface area is 149 Å². The molecule has 2 rings (SSSR count). The summed E-state index contributed by atoms with van der Waals surface area (Å²) in [5.74, 6) is -0.685. The molecule has 1 aliphatic rings. The fourth-order valence-corrected chi connectivity index (χ4v) is 2.83. The van der Waals surface area contributed by atoms with Gasteiger partial charge in [0, 0.05) is 50.2 Å². The van der Waals surface area contributed by atoms with E-state index in [-0.39, 0.29) is 24.0 Å². The Hall–Kier alpha value is -1.67. The second kappa shape index (κ2) is 8.98. The molecule has 6 nitrogen and oxygen atoms in total. The van der Waals surface area contributed by atoms with E-state index in [1.165, 1.54) is 12.1 Å². The molecule has 1 heterocycles. The van der Waals surface area contributed by atoms with Gasteiger partial charge >= 0.3 is 6.03 Å². The number of carbonyl (C=O) groups is 2. The van der Waals surface area contributed by atoms with Crippen molar-refractivity contribution in [2.45, 2.75) is 13.3 Å². The Morgan fingerprint density at radius 2 is 1.96 bits per heavy atom. The van der Waals surface area contributed by atoms with Gasteiger partial charge in [0.05, 0.1) is 5.69 Å². The Kier molecular flexibility index (Phi) is 6.99. The van der Waals surface area contributed by atoms with Crippen molar-refractivity contribution in [2.24, 2.45) is 0 Å².